The largest absolute Gasteiger partial charge is 0.429 e. The number of aromatic nitrogens is 2. The van der Waals surface area contributed by atoms with Crippen molar-refractivity contribution in [2.24, 2.45) is 0 Å². The Bertz CT molecular complexity index is 1140. The van der Waals surface area contributed by atoms with Crippen LogP contribution in [-0.4, -0.2) is 17.6 Å². The van der Waals surface area contributed by atoms with E-state index >= 15 is 0 Å². The van der Waals surface area contributed by atoms with Crippen molar-refractivity contribution in [2.45, 2.75) is 0 Å². The predicted molar refractivity (Wildman–Crippen MR) is 104 cm³/mol. The number of para-hydroxylation sites is 1. The van der Waals surface area contributed by atoms with Gasteiger partial charge in [-0.1, -0.05) is 78.9 Å². The Kier molecular flexibility index (Phi) is 4.48. The summed E-state index contributed by atoms with van der Waals surface area (Å²) in [6.45, 7) is 0. The molecule has 3 aromatic carbocycles. The lowest BCUT2D eigenvalue weighted by atomic mass is 10.1. The summed E-state index contributed by atoms with van der Waals surface area (Å²) in [5, 5.41) is 4.33. The number of benzene rings is 3. The highest BCUT2D eigenvalue weighted by Gasteiger charge is 2.23. The average molecular weight is 376 g/mol. The van der Waals surface area contributed by atoms with Crippen LogP contribution in [0.3, 0.4) is 0 Å². The lowest BCUT2D eigenvalue weighted by Crippen LogP contribution is -2.21. The number of hydrogen-bond donors (Lipinski definition) is 0. The van der Waals surface area contributed by atoms with Gasteiger partial charge < -0.3 is 4.18 Å². The molecule has 1 aromatic heterocycles. The summed E-state index contributed by atoms with van der Waals surface area (Å²) in [7, 11) is -4.17. The second kappa shape index (κ2) is 7.09. The van der Waals surface area contributed by atoms with Gasteiger partial charge in [-0.3, -0.25) is 0 Å². The zero-order chi connectivity index (χ0) is 18.7. The predicted octanol–water partition coefficient (Wildman–Crippen LogP) is 4.39. The number of hydrogen-bond acceptors (Lipinski definition) is 4. The van der Waals surface area contributed by atoms with Gasteiger partial charge >= 0.3 is 10.3 Å². The van der Waals surface area contributed by atoms with Crippen molar-refractivity contribution in [3.63, 3.8) is 0 Å². The van der Waals surface area contributed by atoms with Crippen LogP contribution in [0.2, 0.25) is 0 Å². The molecule has 0 aliphatic carbocycles. The molecule has 0 radical (unpaired) electrons. The molecule has 0 saturated heterocycles. The molecule has 0 spiro atoms. The molecule has 1 heterocycles. The van der Waals surface area contributed by atoms with Crippen molar-refractivity contribution in [1.29, 1.82) is 0 Å². The van der Waals surface area contributed by atoms with Gasteiger partial charge in [0.2, 0.25) is 0 Å². The quantitative estimate of drug-likeness (QED) is 0.518. The van der Waals surface area contributed by atoms with Gasteiger partial charge in [-0.15, -0.1) is 4.09 Å². The minimum Gasteiger partial charge on any atom is -0.366 e. The molecule has 0 atom stereocenters. The summed E-state index contributed by atoms with van der Waals surface area (Å²) >= 11 is 0. The third kappa shape index (κ3) is 3.61. The maximum Gasteiger partial charge on any atom is 0.429 e. The van der Waals surface area contributed by atoms with E-state index in [1.807, 2.05) is 60.7 Å². The highest BCUT2D eigenvalue weighted by Crippen LogP contribution is 2.28. The van der Waals surface area contributed by atoms with Gasteiger partial charge in [-0.25, -0.2) is 0 Å². The minimum atomic E-state index is -4.17. The van der Waals surface area contributed by atoms with Crippen molar-refractivity contribution >= 4 is 10.3 Å². The van der Waals surface area contributed by atoms with Crippen LogP contribution in [0.15, 0.2) is 97.1 Å². The topological polar surface area (TPSA) is 61.2 Å². The molecule has 0 aliphatic rings. The first-order valence-electron chi connectivity index (χ1n) is 8.34. The van der Waals surface area contributed by atoms with Crippen molar-refractivity contribution in [3.05, 3.63) is 97.1 Å². The summed E-state index contributed by atoms with van der Waals surface area (Å²) < 4.78 is 32.1. The highest BCUT2D eigenvalue weighted by molar-refractivity contribution is 7.85. The zero-order valence-electron chi connectivity index (χ0n) is 14.3. The first-order valence-corrected chi connectivity index (χ1v) is 9.71. The fraction of sp³-hybridized carbons (Fsp3) is 0. The van der Waals surface area contributed by atoms with Crippen LogP contribution in [-0.2, 0) is 10.3 Å². The molecule has 0 aliphatic heterocycles. The third-order valence-electron chi connectivity index (χ3n) is 3.97. The lowest BCUT2D eigenvalue weighted by molar-refractivity contribution is 0.470. The van der Waals surface area contributed by atoms with Crippen LogP contribution in [0.4, 0.5) is 0 Å². The van der Waals surface area contributed by atoms with Crippen molar-refractivity contribution in [2.75, 3.05) is 0 Å². The number of nitrogens with zero attached hydrogens (tertiary/aromatic N) is 2. The molecule has 0 unspecified atom stereocenters. The van der Waals surface area contributed by atoms with Crippen LogP contribution in [0.25, 0.3) is 22.5 Å². The molecule has 134 valence electrons. The van der Waals surface area contributed by atoms with E-state index in [0.717, 1.165) is 15.2 Å². The standard InChI is InChI=1S/C21H16N2O3S/c24-27(25,26-19-14-8-3-9-15-19)23-21(18-12-6-2-7-13-18)16-20(22-23)17-10-4-1-5-11-17/h1-16H. The van der Waals surface area contributed by atoms with Crippen molar-refractivity contribution in [1.82, 2.24) is 9.19 Å². The monoisotopic (exact) mass is 376 g/mol. The van der Waals surface area contributed by atoms with Gasteiger partial charge in [-0.05, 0) is 18.2 Å². The highest BCUT2D eigenvalue weighted by atomic mass is 32.2. The molecule has 0 N–H and O–H groups in total. The van der Waals surface area contributed by atoms with E-state index in [1.165, 1.54) is 0 Å². The Balaban J connectivity index is 1.84. The molecule has 0 fully saturated rings. The van der Waals surface area contributed by atoms with Crippen LogP contribution < -0.4 is 4.18 Å². The Morgan fingerprint density at radius 3 is 1.81 bits per heavy atom. The fourth-order valence-electron chi connectivity index (χ4n) is 2.72. The third-order valence-corrected chi connectivity index (χ3v) is 5.08. The molecule has 27 heavy (non-hydrogen) atoms. The van der Waals surface area contributed by atoms with Crippen LogP contribution in [0, 0.1) is 0 Å². The second-order valence-electron chi connectivity index (χ2n) is 5.84. The molecular formula is C21H16N2O3S. The normalized spacial score (nSPS) is 11.3. The van der Waals surface area contributed by atoms with Crippen molar-refractivity contribution < 1.29 is 12.6 Å². The SMILES string of the molecule is O=S(=O)(Oc1ccccc1)n1nc(-c2ccccc2)cc1-c1ccccc1. The first kappa shape index (κ1) is 17.1. The first-order chi connectivity index (χ1) is 13.1. The van der Waals surface area contributed by atoms with Gasteiger partial charge in [0.15, 0.2) is 0 Å². The Morgan fingerprint density at radius 2 is 1.22 bits per heavy atom. The molecule has 6 heteroatoms. The van der Waals surface area contributed by atoms with Crippen LogP contribution in [0.5, 0.6) is 5.75 Å². The molecule has 0 bridgehead atoms. The summed E-state index contributed by atoms with van der Waals surface area (Å²) in [4.78, 5) is 0. The molecule has 4 rings (SSSR count). The van der Waals surface area contributed by atoms with E-state index in [4.69, 9.17) is 4.18 Å². The van der Waals surface area contributed by atoms with Crippen LogP contribution >= 0.6 is 0 Å². The van der Waals surface area contributed by atoms with E-state index in [2.05, 4.69) is 5.10 Å². The van der Waals surface area contributed by atoms with E-state index in [0.29, 0.717) is 11.4 Å². The van der Waals surface area contributed by atoms with Gasteiger partial charge in [0.05, 0.1) is 11.4 Å². The molecular weight excluding hydrogens is 360 g/mol. The summed E-state index contributed by atoms with van der Waals surface area (Å²) in [5.41, 5.74) is 2.54. The molecule has 0 saturated carbocycles. The Hall–Kier alpha value is -3.38. The maximum absolute atomic E-state index is 12.9. The van der Waals surface area contributed by atoms with Gasteiger partial charge in [0.1, 0.15) is 5.75 Å². The smallest absolute Gasteiger partial charge is 0.366 e. The van der Waals surface area contributed by atoms with Gasteiger partial charge in [-0.2, -0.15) is 13.5 Å². The second-order valence-corrected chi connectivity index (χ2v) is 7.21. The van der Waals surface area contributed by atoms with E-state index < -0.39 is 10.3 Å². The fourth-order valence-corrected chi connectivity index (χ4v) is 3.73. The number of rotatable bonds is 5. The summed E-state index contributed by atoms with van der Waals surface area (Å²) in [5.74, 6) is 0.230. The van der Waals surface area contributed by atoms with Gasteiger partial charge in [0, 0.05) is 11.1 Å². The molecule has 5 nitrogen and oxygen atoms in total. The average Bonchev–Trinajstić information content (AvgIpc) is 3.16. The minimum absolute atomic E-state index is 0.230. The maximum atomic E-state index is 12.9. The lowest BCUT2D eigenvalue weighted by Gasteiger charge is -2.09. The summed E-state index contributed by atoms with van der Waals surface area (Å²) in [6, 6.07) is 28.8. The summed E-state index contributed by atoms with van der Waals surface area (Å²) in [6.07, 6.45) is 0. The van der Waals surface area contributed by atoms with E-state index in [-0.39, 0.29) is 5.75 Å². The van der Waals surface area contributed by atoms with Crippen LogP contribution in [0.1, 0.15) is 0 Å². The van der Waals surface area contributed by atoms with E-state index in [1.54, 1.807) is 36.4 Å². The van der Waals surface area contributed by atoms with Crippen molar-refractivity contribution in [3.8, 4) is 28.3 Å². The Morgan fingerprint density at radius 1 is 0.704 bits per heavy atom. The Labute approximate surface area is 157 Å². The van der Waals surface area contributed by atoms with E-state index in [9.17, 15) is 8.42 Å². The molecule has 4 aromatic rings. The van der Waals surface area contributed by atoms with Gasteiger partial charge in [0.25, 0.3) is 0 Å². The molecule has 0 amide bonds. The zero-order valence-corrected chi connectivity index (χ0v) is 15.1.